The zero-order valence-corrected chi connectivity index (χ0v) is 16.5. The number of hydrogen-bond donors (Lipinski definition) is 5. The predicted molar refractivity (Wildman–Crippen MR) is 120 cm³/mol. The average molecular weight is 443 g/mol. The first-order valence-corrected chi connectivity index (χ1v) is 9.56. The van der Waals surface area contributed by atoms with E-state index in [0.717, 1.165) is 5.39 Å². The second kappa shape index (κ2) is 6.54. The Kier molecular flexibility index (Phi) is 3.96. The van der Waals surface area contributed by atoms with Gasteiger partial charge in [0.25, 0.3) is 0 Å². The maximum atomic E-state index is 12.4. The van der Waals surface area contributed by atoms with Gasteiger partial charge in [-0.05, 0) is 33.0 Å². The first kappa shape index (κ1) is 20.0. The van der Waals surface area contributed by atoms with Crippen LogP contribution in [0, 0.1) is 0 Å². The molecule has 0 radical (unpaired) electrons. The Balaban J connectivity index is 2.36. The molecule has 0 atom stereocenters. The molecule has 0 saturated heterocycles. The molecule has 0 heterocycles. The Morgan fingerprint density at radius 2 is 1.06 bits per heavy atom. The van der Waals surface area contributed by atoms with Crippen LogP contribution in [-0.2, 0) is 0 Å². The zero-order chi connectivity index (χ0) is 23.8. The first-order chi connectivity index (χ1) is 15.6. The van der Waals surface area contributed by atoms with Gasteiger partial charge in [0, 0.05) is 21.8 Å². The van der Waals surface area contributed by atoms with Gasteiger partial charge in [-0.3, -0.25) is 0 Å². The van der Waals surface area contributed by atoms with E-state index in [1.165, 1.54) is 6.07 Å². The van der Waals surface area contributed by atoms with E-state index in [1.807, 2.05) is 0 Å². The van der Waals surface area contributed by atoms with Crippen molar-refractivity contribution in [2.75, 3.05) is 5.73 Å². The molecule has 162 valence electrons. The van der Waals surface area contributed by atoms with E-state index in [1.54, 1.807) is 36.4 Å². The summed E-state index contributed by atoms with van der Waals surface area (Å²) in [5.74, 6) is -6.81. The van der Waals surface area contributed by atoms with E-state index in [0.29, 0.717) is 21.5 Å². The Labute approximate surface area is 183 Å². The van der Waals surface area contributed by atoms with E-state index in [4.69, 9.17) is 5.73 Å². The highest BCUT2D eigenvalue weighted by Gasteiger charge is 2.34. The van der Waals surface area contributed by atoms with Gasteiger partial charge in [0.1, 0.15) is 0 Å². The summed E-state index contributed by atoms with van der Waals surface area (Å²) in [5, 5.41) is 41.9. The molecule has 0 fully saturated rings. The minimum atomic E-state index is -1.81. The van der Waals surface area contributed by atoms with Gasteiger partial charge < -0.3 is 26.2 Å². The highest BCUT2D eigenvalue weighted by molar-refractivity contribution is 6.41. The number of carbonyl (C=O) groups is 4. The van der Waals surface area contributed by atoms with E-state index in [9.17, 15) is 39.6 Å². The van der Waals surface area contributed by atoms with Gasteiger partial charge in [0.15, 0.2) is 0 Å². The molecule has 0 amide bonds. The number of carboxylic acids is 4. The summed E-state index contributed by atoms with van der Waals surface area (Å²) >= 11 is 0. The van der Waals surface area contributed by atoms with Gasteiger partial charge >= 0.3 is 23.9 Å². The molecule has 33 heavy (non-hydrogen) atoms. The van der Waals surface area contributed by atoms with Gasteiger partial charge in [-0.25, -0.2) is 19.2 Å². The second-order valence-electron chi connectivity index (χ2n) is 7.57. The van der Waals surface area contributed by atoms with Crippen molar-refractivity contribution in [2.45, 2.75) is 0 Å². The van der Waals surface area contributed by atoms with Crippen molar-refractivity contribution in [2.24, 2.45) is 0 Å². The minimum Gasteiger partial charge on any atom is -0.478 e. The molecule has 0 spiro atoms. The van der Waals surface area contributed by atoms with Crippen LogP contribution < -0.4 is 5.73 Å². The lowest BCUT2D eigenvalue weighted by atomic mass is 9.81. The molecule has 0 saturated carbocycles. The largest absolute Gasteiger partial charge is 0.478 e. The third kappa shape index (κ3) is 2.47. The van der Waals surface area contributed by atoms with Gasteiger partial charge in [-0.15, -0.1) is 0 Å². The predicted octanol–water partition coefficient (Wildman–Crippen LogP) is 4.11. The summed E-state index contributed by atoms with van der Waals surface area (Å²) in [6.45, 7) is 0. The molecule has 0 bridgehead atoms. The third-order valence-electron chi connectivity index (χ3n) is 5.93. The highest BCUT2D eigenvalue weighted by atomic mass is 16.4. The van der Waals surface area contributed by atoms with Crippen molar-refractivity contribution < 1.29 is 39.6 Å². The summed E-state index contributed by atoms with van der Waals surface area (Å²) in [4.78, 5) is 49.0. The Hall–Kier alpha value is -4.92. The van der Waals surface area contributed by atoms with Crippen molar-refractivity contribution in [3.63, 3.8) is 0 Å². The van der Waals surface area contributed by atoms with Gasteiger partial charge in [0.05, 0.1) is 22.3 Å². The molecule has 5 aromatic rings. The fraction of sp³-hybridized carbons (Fsp3) is 0. The van der Waals surface area contributed by atoms with Crippen molar-refractivity contribution in [3.8, 4) is 0 Å². The molecule has 0 aliphatic heterocycles. The number of rotatable bonds is 4. The molecule has 0 unspecified atom stereocenters. The normalized spacial score (nSPS) is 11.5. The molecule has 9 nitrogen and oxygen atoms in total. The number of fused-ring (bicyclic) bond motifs is 2. The average Bonchev–Trinajstić information content (AvgIpc) is 2.74. The monoisotopic (exact) mass is 443 g/mol. The van der Waals surface area contributed by atoms with E-state index >= 15 is 0 Å². The number of nitrogen functional groups attached to an aromatic ring is 1. The fourth-order valence-electron chi connectivity index (χ4n) is 4.84. The Bertz CT molecular complexity index is 1730. The van der Waals surface area contributed by atoms with E-state index in [-0.39, 0.29) is 16.5 Å². The maximum Gasteiger partial charge on any atom is 0.338 e. The van der Waals surface area contributed by atoms with Crippen LogP contribution in [-0.4, -0.2) is 44.3 Å². The summed E-state index contributed by atoms with van der Waals surface area (Å²) in [7, 11) is 0. The smallest absolute Gasteiger partial charge is 0.338 e. The van der Waals surface area contributed by atoms with Crippen molar-refractivity contribution in [1.82, 2.24) is 0 Å². The van der Waals surface area contributed by atoms with Gasteiger partial charge in [0.2, 0.25) is 0 Å². The topological polar surface area (TPSA) is 175 Å². The van der Waals surface area contributed by atoms with Crippen LogP contribution in [0.15, 0.2) is 42.5 Å². The Morgan fingerprint density at radius 1 is 0.545 bits per heavy atom. The molecule has 0 aliphatic rings. The number of nitrogens with two attached hydrogens (primary N) is 1. The van der Waals surface area contributed by atoms with Crippen LogP contribution in [0.3, 0.4) is 0 Å². The maximum absolute atomic E-state index is 12.4. The summed E-state index contributed by atoms with van der Waals surface area (Å²) in [6, 6.07) is 11.7. The SMILES string of the molecule is Nc1cc2c3cccc4cccc(c5c(C(=O)O)c(C(=O)O)c(C(=O)O)c(c1C(=O)O)c25)c43. The van der Waals surface area contributed by atoms with Crippen LogP contribution in [0.2, 0.25) is 0 Å². The van der Waals surface area contributed by atoms with Crippen LogP contribution in [0.1, 0.15) is 41.4 Å². The van der Waals surface area contributed by atoms with Crippen LogP contribution in [0.4, 0.5) is 5.69 Å². The lowest BCUT2D eigenvalue weighted by Gasteiger charge is -2.21. The van der Waals surface area contributed by atoms with Gasteiger partial charge in [-0.1, -0.05) is 36.4 Å². The summed E-state index contributed by atoms with van der Waals surface area (Å²) in [5.41, 5.74) is 2.51. The molecular formula is C24H13NO8. The fourth-order valence-corrected chi connectivity index (χ4v) is 4.84. The minimum absolute atomic E-state index is 0.0209. The van der Waals surface area contributed by atoms with Crippen molar-refractivity contribution in [1.29, 1.82) is 0 Å². The molecule has 0 aliphatic carbocycles. The first-order valence-electron chi connectivity index (χ1n) is 9.56. The highest BCUT2D eigenvalue weighted by Crippen LogP contribution is 2.46. The van der Waals surface area contributed by atoms with E-state index < -0.39 is 51.5 Å². The molecule has 6 N–H and O–H groups in total. The number of hydrogen-bond acceptors (Lipinski definition) is 5. The second-order valence-corrected chi connectivity index (χ2v) is 7.57. The van der Waals surface area contributed by atoms with E-state index in [2.05, 4.69) is 0 Å². The van der Waals surface area contributed by atoms with Gasteiger partial charge in [-0.2, -0.15) is 0 Å². The van der Waals surface area contributed by atoms with Crippen LogP contribution >= 0.6 is 0 Å². The number of carboxylic acid groups (broad SMARTS) is 4. The molecule has 5 aromatic carbocycles. The molecular weight excluding hydrogens is 430 g/mol. The molecule has 0 aromatic heterocycles. The number of aromatic carboxylic acids is 4. The summed E-state index contributed by atoms with van der Waals surface area (Å²) < 4.78 is 0. The molecule has 9 heteroatoms. The number of anilines is 1. The number of benzene rings is 5. The van der Waals surface area contributed by atoms with Crippen LogP contribution in [0.5, 0.6) is 0 Å². The lowest BCUT2D eigenvalue weighted by molar-refractivity contribution is 0.0635. The summed E-state index contributed by atoms with van der Waals surface area (Å²) in [6.07, 6.45) is 0. The standard InChI is InChI=1S/C24H13NO8/c25-12-7-11-9-5-1-3-8-4-2-6-10(13(8)9)14-15(11)17(16(12)21(26)27)19(23(30)31)20(24(32)33)18(14)22(28)29/h1-7H,25H2,(H,26,27)(H,28,29)(H,30,31)(H,32,33). The Morgan fingerprint density at radius 3 is 1.61 bits per heavy atom. The zero-order valence-electron chi connectivity index (χ0n) is 16.5. The van der Waals surface area contributed by atoms with Crippen molar-refractivity contribution in [3.05, 3.63) is 64.7 Å². The van der Waals surface area contributed by atoms with Crippen molar-refractivity contribution >= 4 is 72.7 Å². The quantitative estimate of drug-likeness (QED) is 0.155. The molecule has 5 rings (SSSR count). The third-order valence-corrected chi connectivity index (χ3v) is 5.93. The van der Waals surface area contributed by atoms with Crippen LogP contribution in [0.25, 0.3) is 43.1 Å². The lowest BCUT2D eigenvalue weighted by Crippen LogP contribution is -2.18.